The van der Waals surface area contributed by atoms with Crippen molar-refractivity contribution >= 4 is 22.8 Å². The number of hydrogen-bond acceptors (Lipinski definition) is 6. The van der Waals surface area contributed by atoms with Gasteiger partial charge in [-0.15, -0.1) is 0 Å². The molecule has 0 bridgehead atoms. The third-order valence-electron chi connectivity index (χ3n) is 5.68. The highest BCUT2D eigenvalue weighted by atomic mass is 16.6. The summed E-state index contributed by atoms with van der Waals surface area (Å²) in [5.74, 6) is 1.59. The first kappa shape index (κ1) is 16.4. The summed E-state index contributed by atoms with van der Waals surface area (Å²) < 4.78 is 0. The quantitative estimate of drug-likeness (QED) is 0.647. The molecule has 2 aliphatic carbocycles. The first-order valence-electron chi connectivity index (χ1n) is 8.01. The molecule has 2 aliphatic rings. The molecule has 2 fully saturated rings. The average molecular weight is 332 g/mol. The van der Waals surface area contributed by atoms with Gasteiger partial charge in [0, 0.05) is 11.8 Å². The van der Waals surface area contributed by atoms with Gasteiger partial charge in [0.05, 0.1) is 15.9 Å². The minimum atomic E-state index is -0.651. The van der Waals surface area contributed by atoms with Gasteiger partial charge in [-0.25, -0.2) is 0 Å². The third kappa shape index (κ3) is 2.51. The Morgan fingerprint density at radius 2 is 2.00 bits per heavy atom. The van der Waals surface area contributed by atoms with Crippen LogP contribution in [-0.2, 0) is 0 Å². The molecular formula is C16H20N4O4. The van der Waals surface area contributed by atoms with E-state index in [4.69, 9.17) is 0 Å². The summed E-state index contributed by atoms with van der Waals surface area (Å²) in [6.07, 6.45) is 2.13. The molecule has 0 saturated heterocycles. The van der Waals surface area contributed by atoms with Crippen LogP contribution in [0.2, 0.25) is 0 Å². The van der Waals surface area contributed by atoms with E-state index >= 15 is 0 Å². The van der Waals surface area contributed by atoms with E-state index in [0.717, 1.165) is 18.2 Å². The van der Waals surface area contributed by atoms with Gasteiger partial charge in [-0.2, -0.15) is 5.10 Å². The fraction of sp³-hybridized carbons (Fsp3) is 0.562. The normalized spacial score (nSPS) is 29.6. The molecule has 1 N–H and O–H groups in total. The highest BCUT2D eigenvalue weighted by molar-refractivity contribution is 5.92. The molecule has 8 heteroatoms. The minimum Gasteiger partial charge on any atom is -0.272 e. The zero-order valence-electron chi connectivity index (χ0n) is 13.9. The minimum absolute atomic E-state index is 0.171. The molecule has 24 heavy (non-hydrogen) atoms. The van der Waals surface area contributed by atoms with Crippen molar-refractivity contribution in [2.75, 3.05) is 5.43 Å². The number of nitrogens with zero attached hydrogens (tertiary/aromatic N) is 3. The van der Waals surface area contributed by atoms with Gasteiger partial charge in [-0.1, -0.05) is 20.8 Å². The molecule has 128 valence electrons. The molecule has 0 unspecified atom stereocenters. The molecule has 0 aromatic heterocycles. The SMILES string of the molecule is CC(C)[C@]12C/C(=N/Nc3ccc([N+](=O)[O-])cc3[N+](=O)[O-])[C@H](C)[C@H]1C2. The maximum Gasteiger partial charge on any atom is 0.301 e. The van der Waals surface area contributed by atoms with E-state index in [0.29, 0.717) is 23.2 Å². The summed E-state index contributed by atoms with van der Waals surface area (Å²) in [7, 11) is 0. The van der Waals surface area contributed by atoms with Gasteiger partial charge in [-0.3, -0.25) is 25.7 Å². The van der Waals surface area contributed by atoms with Crippen LogP contribution in [0.1, 0.15) is 33.6 Å². The molecule has 0 spiro atoms. The van der Waals surface area contributed by atoms with Gasteiger partial charge in [0.2, 0.25) is 0 Å². The smallest absolute Gasteiger partial charge is 0.272 e. The van der Waals surface area contributed by atoms with Gasteiger partial charge in [0.15, 0.2) is 0 Å². The average Bonchev–Trinajstić information content (AvgIpc) is 3.19. The molecule has 1 aromatic carbocycles. The second kappa shape index (κ2) is 5.54. The maximum atomic E-state index is 11.2. The van der Waals surface area contributed by atoms with Crippen LogP contribution >= 0.6 is 0 Å². The van der Waals surface area contributed by atoms with E-state index in [-0.39, 0.29) is 17.1 Å². The van der Waals surface area contributed by atoms with Gasteiger partial charge < -0.3 is 0 Å². The van der Waals surface area contributed by atoms with Crippen molar-refractivity contribution in [2.24, 2.45) is 28.3 Å². The number of non-ortho nitro benzene ring substituents is 1. The topological polar surface area (TPSA) is 111 Å². The number of benzene rings is 1. The number of anilines is 1. The molecule has 0 heterocycles. The molecule has 1 aromatic rings. The maximum absolute atomic E-state index is 11.2. The fourth-order valence-corrected chi connectivity index (χ4v) is 3.98. The zero-order chi connectivity index (χ0) is 17.6. The lowest BCUT2D eigenvalue weighted by atomic mass is 9.90. The van der Waals surface area contributed by atoms with Crippen molar-refractivity contribution in [2.45, 2.75) is 33.6 Å². The molecule has 0 amide bonds. The van der Waals surface area contributed by atoms with Gasteiger partial charge >= 0.3 is 5.69 Å². The van der Waals surface area contributed by atoms with E-state index in [2.05, 4.69) is 31.3 Å². The first-order chi connectivity index (χ1) is 11.3. The van der Waals surface area contributed by atoms with E-state index in [9.17, 15) is 20.2 Å². The number of hydrogen-bond donors (Lipinski definition) is 1. The van der Waals surface area contributed by atoms with E-state index in [1.165, 1.54) is 18.6 Å². The van der Waals surface area contributed by atoms with Crippen LogP contribution in [0.25, 0.3) is 0 Å². The lowest BCUT2D eigenvalue weighted by Crippen LogP contribution is -2.13. The highest BCUT2D eigenvalue weighted by Crippen LogP contribution is 2.68. The van der Waals surface area contributed by atoms with Crippen LogP contribution in [0.4, 0.5) is 17.1 Å². The number of hydrazone groups is 1. The molecule has 0 radical (unpaired) electrons. The van der Waals surface area contributed by atoms with Crippen LogP contribution < -0.4 is 5.43 Å². The molecule has 3 atom stereocenters. The van der Waals surface area contributed by atoms with Gasteiger partial charge in [0.1, 0.15) is 5.69 Å². The second-order valence-electron chi connectivity index (χ2n) is 7.09. The molecule has 0 aliphatic heterocycles. The van der Waals surface area contributed by atoms with Crippen LogP contribution in [-0.4, -0.2) is 15.6 Å². The molecule has 2 saturated carbocycles. The number of rotatable bonds is 5. The Hall–Kier alpha value is -2.51. The summed E-state index contributed by atoms with van der Waals surface area (Å²) in [5, 5.41) is 26.3. The molecule has 8 nitrogen and oxygen atoms in total. The summed E-state index contributed by atoms with van der Waals surface area (Å²) in [4.78, 5) is 20.6. The van der Waals surface area contributed by atoms with Crippen molar-refractivity contribution in [1.82, 2.24) is 0 Å². The Bertz CT molecular complexity index is 746. The summed E-state index contributed by atoms with van der Waals surface area (Å²) in [5.41, 5.74) is 3.62. The fourth-order valence-electron chi connectivity index (χ4n) is 3.98. The Labute approximate surface area is 139 Å². The molecular weight excluding hydrogens is 312 g/mol. The number of fused-ring (bicyclic) bond motifs is 1. The van der Waals surface area contributed by atoms with Crippen LogP contribution in [0.3, 0.4) is 0 Å². The van der Waals surface area contributed by atoms with Crippen LogP contribution in [0, 0.1) is 43.4 Å². The first-order valence-corrected chi connectivity index (χ1v) is 8.01. The lowest BCUT2D eigenvalue weighted by Gasteiger charge is -2.16. The van der Waals surface area contributed by atoms with E-state index < -0.39 is 9.85 Å². The molecule has 3 rings (SSSR count). The zero-order valence-corrected chi connectivity index (χ0v) is 13.9. The predicted octanol–water partition coefficient (Wildman–Crippen LogP) is 3.97. The third-order valence-corrected chi connectivity index (χ3v) is 5.68. The monoisotopic (exact) mass is 332 g/mol. The summed E-state index contributed by atoms with van der Waals surface area (Å²) in [6.45, 7) is 6.60. The van der Waals surface area contributed by atoms with Gasteiger partial charge in [-0.05, 0) is 42.1 Å². The standard InChI is InChI=1S/C16H20N4O4/c1-9(2)16-7-12(16)10(3)14(8-16)18-17-13-5-4-11(19(21)22)6-15(13)20(23)24/h4-6,9-10,12,17H,7-8H2,1-3H3/b18-14-/t10-,12-,16+/m1/s1. The Balaban J connectivity index is 1.82. The van der Waals surface area contributed by atoms with Crippen molar-refractivity contribution in [1.29, 1.82) is 0 Å². The van der Waals surface area contributed by atoms with Crippen molar-refractivity contribution in [3.63, 3.8) is 0 Å². The number of nitro benzene ring substituents is 2. The Morgan fingerprint density at radius 3 is 2.54 bits per heavy atom. The highest BCUT2D eigenvalue weighted by Gasteiger charge is 2.63. The Morgan fingerprint density at radius 1 is 1.29 bits per heavy atom. The number of nitro groups is 2. The van der Waals surface area contributed by atoms with Crippen LogP contribution in [0.5, 0.6) is 0 Å². The largest absolute Gasteiger partial charge is 0.301 e. The van der Waals surface area contributed by atoms with E-state index in [1.54, 1.807) is 0 Å². The van der Waals surface area contributed by atoms with Crippen molar-refractivity contribution in [3.05, 3.63) is 38.4 Å². The van der Waals surface area contributed by atoms with Gasteiger partial charge in [0.25, 0.3) is 5.69 Å². The van der Waals surface area contributed by atoms with Crippen molar-refractivity contribution in [3.8, 4) is 0 Å². The summed E-state index contributed by atoms with van der Waals surface area (Å²) >= 11 is 0. The summed E-state index contributed by atoms with van der Waals surface area (Å²) in [6, 6.07) is 3.52. The second-order valence-corrected chi connectivity index (χ2v) is 7.09. The van der Waals surface area contributed by atoms with E-state index in [1.807, 2.05) is 0 Å². The lowest BCUT2D eigenvalue weighted by molar-refractivity contribution is -0.393. The van der Waals surface area contributed by atoms with Crippen molar-refractivity contribution < 1.29 is 9.85 Å². The number of nitrogens with one attached hydrogen (secondary N) is 1. The Kier molecular flexibility index (Phi) is 3.77. The van der Waals surface area contributed by atoms with Crippen LogP contribution in [0.15, 0.2) is 23.3 Å². The predicted molar refractivity (Wildman–Crippen MR) is 90.0 cm³/mol.